The molecule has 4 nitrogen and oxygen atoms in total. The van der Waals surface area contributed by atoms with Gasteiger partial charge in [-0.15, -0.1) is 0 Å². The Bertz CT molecular complexity index is 3160. The van der Waals surface area contributed by atoms with Crippen molar-refractivity contribution in [3.8, 4) is 27.9 Å². The zero-order chi connectivity index (χ0) is 38.3. The van der Waals surface area contributed by atoms with Crippen molar-refractivity contribution in [3.05, 3.63) is 216 Å². The van der Waals surface area contributed by atoms with E-state index in [0.29, 0.717) is 5.96 Å². The summed E-state index contributed by atoms with van der Waals surface area (Å²) in [4.78, 5) is 4.85. The molecule has 0 spiro atoms. The average molecular weight is 733 g/mol. The van der Waals surface area contributed by atoms with Gasteiger partial charge < -0.3 is 10.3 Å². The Balaban J connectivity index is 0.982. The van der Waals surface area contributed by atoms with Gasteiger partial charge in [-0.2, -0.15) is 0 Å². The van der Waals surface area contributed by atoms with Crippen molar-refractivity contribution in [1.29, 1.82) is 0 Å². The Kier molecular flexibility index (Phi) is 8.57. The van der Waals surface area contributed by atoms with Crippen LogP contribution in [0, 0.1) is 0 Å². The highest BCUT2D eigenvalue weighted by atomic mass is 15.1. The van der Waals surface area contributed by atoms with Crippen LogP contribution in [0.25, 0.3) is 78.4 Å². The highest BCUT2D eigenvalue weighted by Crippen LogP contribution is 2.35. The van der Waals surface area contributed by atoms with Crippen LogP contribution in [0.15, 0.2) is 200 Å². The van der Waals surface area contributed by atoms with Gasteiger partial charge in [-0.25, -0.2) is 4.99 Å². The van der Waals surface area contributed by atoms with E-state index in [-0.39, 0.29) is 5.92 Å². The number of rotatable bonds is 7. The summed E-state index contributed by atoms with van der Waals surface area (Å²) in [5.41, 5.74) is 19.5. The molecule has 10 rings (SSSR count). The summed E-state index contributed by atoms with van der Waals surface area (Å²) in [5, 5.41) is 5.95. The molecule has 9 aromatic rings. The van der Waals surface area contributed by atoms with E-state index >= 15 is 0 Å². The molecule has 1 atom stereocenters. The molecule has 57 heavy (non-hydrogen) atoms. The molecule has 0 bridgehead atoms. The second-order valence-electron chi connectivity index (χ2n) is 14.6. The van der Waals surface area contributed by atoms with E-state index in [1.165, 1.54) is 55.0 Å². The smallest absolute Gasteiger partial charge is 0.205 e. The first kappa shape index (κ1) is 34.1. The van der Waals surface area contributed by atoms with Gasteiger partial charge in [-0.1, -0.05) is 158 Å². The quantitative estimate of drug-likeness (QED) is 0.0990. The van der Waals surface area contributed by atoms with Gasteiger partial charge in [0.2, 0.25) is 5.96 Å². The molecule has 272 valence electrons. The lowest BCUT2D eigenvalue weighted by Gasteiger charge is -2.15. The lowest BCUT2D eigenvalue weighted by atomic mass is 9.90. The number of hydrogen-bond donors (Lipinski definition) is 1. The zero-order valence-electron chi connectivity index (χ0n) is 31.5. The maximum absolute atomic E-state index is 6.88. The number of fused-ring (bicyclic) bond motifs is 6. The Morgan fingerprint density at radius 2 is 1.23 bits per heavy atom. The van der Waals surface area contributed by atoms with Crippen LogP contribution in [0.4, 0.5) is 0 Å². The topological polar surface area (TPSA) is 48.2 Å². The minimum absolute atomic E-state index is 0.217. The van der Waals surface area contributed by atoms with Gasteiger partial charge in [0.05, 0.1) is 21.9 Å². The number of hydrogen-bond acceptors (Lipinski definition) is 1. The second-order valence-corrected chi connectivity index (χ2v) is 14.6. The molecule has 2 N–H and O–H groups in total. The van der Waals surface area contributed by atoms with Gasteiger partial charge in [0, 0.05) is 39.2 Å². The maximum atomic E-state index is 6.88. The van der Waals surface area contributed by atoms with Crippen LogP contribution in [0.5, 0.6) is 0 Å². The lowest BCUT2D eigenvalue weighted by molar-refractivity contribution is 0.913. The Morgan fingerprint density at radius 3 is 1.98 bits per heavy atom. The van der Waals surface area contributed by atoms with Crippen LogP contribution in [-0.4, -0.2) is 15.1 Å². The Labute approximate surface area is 331 Å². The fourth-order valence-corrected chi connectivity index (χ4v) is 8.53. The van der Waals surface area contributed by atoms with Gasteiger partial charge in [0.15, 0.2) is 0 Å². The molecule has 0 radical (unpaired) electrons. The number of nitrogens with zero attached hydrogens (tertiary/aromatic N) is 3. The van der Waals surface area contributed by atoms with E-state index in [1.807, 2.05) is 18.3 Å². The van der Waals surface area contributed by atoms with E-state index in [4.69, 9.17) is 10.7 Å². The highest BCUT2D eigenvalue weighted by molar-refractivity contribution is 6.09. The lowest BCUT2D eigenvalue weighted by Crippen LogP contribution is -2.38. The van der Waals surface area contributed by atoms with Crippen molar-refractivity contribution in [3.63, 3.8) is 0 Å². The average Bonchev–Trinajstić information content (AvgIpc) is 3.80. The van der Waals surface area contributed by atoms with Gasteiger partial charge in [0.25, 0.3) is 0 Å². The van der Waals surface area contributed by atoms with Crippen molar-refractivity contribution >= 4 is 56.4 Å². The molecule has 2 heterocycles. The van der Waals surface area contributed by atoms with Gasteiger partial charge in [-0.3, -0.25) is 4.57 Å². The molecule has 0 saturated heterocycles. The molecule has 0 amide bonds. The summed E-state index contributed by atoms with van der Waals surface area (Å²) in [5.74, 6) is 0.633. The first-order chi connectivity index (χ1) is 28.1. The Morgan fingerprint density at radius 1 is 0.596 bits per heavy atom. The van der Waals surface area contributed by atoms with E-state index < -0.39 is 0 Å². The number of nitrogens with two attached hydrogens (primary N) is 1. The molecule has 1 aliphatic carbocycles. The predicted octanol–water partition coefficient (Wildman–Crippen LogP) is 11.2. The third-order valence-corrected chi connectivity index (χ3v) is 11.3. The first-order valence-corrected chi connectivity index (χ1v) is 19.5. The monoisotopic (exact) mass is 732 g/mol. The third-order valence-electron chi connectivity index (χ3n) is 11.3. The van der Waals surface area contributed by atoms with Crippen molar-refractivity contribution in [2.45, 2.75) is 12.3 Å². The van der Waals surface area contributed by atoms with Crippen LogP contribution in [0.3, 0.4) is 0 Å². The minimum Gasteiger partial charge on any atom is -0.369 e. The van der Waals surface area contributed by atoms with Gasteiger partial charge in [-0.05, 0) is 87.8 Å². The van der Waals surface area contributed by atoms with Crippen LogP contribution in [0.2, 0.25) is 0 Å². The minimum atomic E-state index is 0.217. The summed E-state index contributed by atoms with van der Waals surface area (Å²) in [6, 6.07) is 62.4. The van der Waals surface area contributed by atoms with Crippen molar-refractivity contribution < 1.29 is 0 Å². The maximum Gasteiger partial charge on any atom is 0.205 e. The molecule has 0 fully saturated rings. The van der Waals surface area contributed by atoms with E-state index in [2.05, 4.69) is 198 Å². The molecular weight excluding hydrogens is 693 g/mol. The number of aromatic nitrogens is 2. The summed E-state index contributed by atoms with van der Waals surface area (Å²) < 4.78 is 4.46. The van der Waals surface area contributed by atoms with Gasteiger partial charge >= 0.3 is 0 Å². The van der Waals surface area contributed by atoms with Crippen LogP contribution >= 0.6 is 0 Å². The molecule has 4 heteroatoms. The summed E-state index contributed by atoms with van der Waals surface area (Å²) in [7, 11) is 0. The summed E-state index contributed by atoms with van der Waals surface area (Å²) in [6.45, 7) is 4.12. The fourth-order valence-electron chi connectivity index (χ4n) is 8.53. The SMILES string of the molecule is C=C/C(=C\N=C(/N)n1c2c(c3ccccc31)=CC(c1ccc3c(c1)c1ccccc1n3-c1ccccc1)CC=2)c1ccc(-c2cccc(-c3ccccc3)c2)cc1. The molecule has 2 aromatic heterocycles. The second kappa shape index (κ2) is 14.3. The van der Waals surface area contributed by atoms with Gasteiger partial charge in [0.1, 0.15) is 0 Å². The first-order valence-electron chi connectivity index (χ1n) is 19.5. The van der Waals surface area contributed by atoms with E-state index in [9.17, 15) is 0 Å². The normalized spacial score (nSPS) is 14.4. The largest absolute Gasteiger partial charge is 0.369 e. The highest BCUT2D eigenvalue weighted by Gasteiger charge is 2.19. The van der Waals surface area contributed by atoms with Crippen LogP contribution in [-0.2, 0) is 0 Å². The standard InChI is InChI=1S/C53H40N4/c1-2-36(38-24-26-39(27-25-38)41-17-13-16-40(32-41)37-14-5-3-6-15-37)35-55-53(54)57-50-23-12-10-21-46(50)48-34-43(29-31-52(48)57)42-28-30-51-47(33-42)45-20-9-11-22-49(45)56(51)44-18-7-4-8-19-44/h2-28,30-35,43H,1,29H2,(H2,54,55)/b36-35+. The van der Waals surface area contributed by atoms with Crippen molar-refractivity contribution in [1.82, 2.24) is 9.13 Å². The van der Waals surface area contributed by atoms with Crippen LogP contribution < -0.4 is 16.3 Å². The number of para-hydroxylation sites is 3. The molecule has 0 aliphatic heterocycles. The molecular formula is C53H40N4. The number of aliphatic imine (C=N–C) groups is 1. The summed E-state index contributed by atoms with van der Waals surface area (Å²) >= 11 is 0. The van der Waals surface area contributed by atoms with Crippen molar-refractivity contribution in [2.24, 2.45) is 10.7 Å². The molecule has 0 saturated carbocycles. The number of benzene rings is 7. The predicted molar refractivity (Wildman–Crippen MR) is 241 cm³/mol. The third kappa shape index (κ3) is 6.09. The van der Waals surface area contributed by atoms with E-state index in [1.54, 1.807) is 0 Å². The summed E-state index contributed by atoms with van der Waals surface area (Å²) in [6.07, 6.45) is 9.26. The van der Waals surface area contributed by atoms with Crippen LogP contribution in [0.1, 0.15) is 23.5 Å². The van der Waals surface area contributed by atoms with E-state index in [0.717, 1.165) is 39.4 Å². The number of allylic oxidation sites excluding steroid dienone is 2. The molecule has 1 unspecified atom stereocenters. The fraction of sp³-hybridized carbons (Fsp3) is 0.0377. The molecule has 7 aromatic carbocycles. The molecule has 1 aliphatic rings. The zero-order valence-corrected chi connectivity index (χ0v) is 31.5. The van der Waals surface area contributed by atoms with Crippen molar-refractivity contribution in [2.75, 3.05) is 0 Å². The Hall–Kier alpha value is -7.43.